The molecule has 1 aromatic heterocycles. The van der Waals surface area contributed by atoms with Crippen LogP contribution in [0.5, 0.6) is 0 Å². The van der Waals surface area contributed by atoms with Crippen LogP contribution in [-0.4, -0.2) is 0 Å². The highest BCUT2D eigenvalue weighted by Gasteiger charge is 2.18. The van der Waals surface area contributed by atoms with Crippen molar-refractivity contribution >= 4 is 65.0 Å². The molecule has 0 saturated heterocycles. The average molecular weight is 602 g/mol. The van der Waals surface area contributed by atoms with Crippen molar-refractivity contribution in [2.45, 2.75) is 0 Å². The maximum atomic E-state index is 8.48. The van der Waals surface area contributed by atoms with Crippen LogP contribution in [0.4, 0.5) is 0 Å². The van der Waals surface area contributed by atoms with Crippen molar-refractivity contribution in [3.8, 4) is 33.4 Å². The smallest absolute Gasteiger partial charge is 0.136 e. The Balaban J connectivity index is 1.17. The van der Waals surface area contributed by atoms with Gasteiger partial charge in [0.05, 0.1) is 6.85 Å². The summed E-state index contributed by atoms with van der Waals surface area (Å²) in [6.07, 6.45) is 0. The summed E-state index contributed by atoms with van der Waals surface area (Å²) in [7, 11) is 0. The Morgan fingerprint density at radius 3 is 1.49 bits per heavy atom. The lowest BCUT2D eigenvalue weighted by molar-refractivity contribution is 0.669. The molecule has 9 aromatic carbocycles. The van der Waals surface area contributed by atoms with Gasteiger partial charge in [-0.05, 0) is 113 Å². The van der Waals surface area contributed by atoms with E-state index in [1.165, 1.54) is 10.9 Å². The first-order chi connectivity index (χ1) is 25.4. The Labute approximate surface area is 279 Å². The highest BCUT2D eigenvalue weighted by atomic mass is 16.3. The second-order valence-corrected chi connectivity index (χ2v) is 12.1. The zero-order chi connectivity index (χ0) is 35.2. The number of hydrogen-bond acceptors (Lipinski definition) is 1. The molecule has 1 heterocycles. The number of fused-ring (bicyclic) bond motifs is 7. The van der Waals surface area contributed by atoms with Crippen LogP contribution in [0.3, 0.4) is 0 Å². The molecule has 0 spiro atoms. The van der Waals surface area contributed by atoms with Gasteiger partial charge in [-0.1, -0.05) is 133 Å². The van der Waals surface area contributed by atoms with Crippen molar-refractivity contribution in [2.24, 2.45) is 0 Å². The van der Waals surface area contributed by atoms with Gasteiger partial charge in [-0.2, -0.15) is 0 Å². The molecule has 0 saturated carbocycles. The van der Waals surface area contributed by atoms with Gasteiger partial charge in [0.1, 0.15) is 11.2 Å². The molecular weight excluding hydrogens is 569 g/mol. The second kappa shape index (κ2) is 10.2. The van der Waals surface area contributed by atoms with Gasteiger partial charge in [0, 0.05) is 10.8 Å². The van der Waals surface area contributed by atoms with E-state index in [1.54, 1.807) is 0 Å². The summed E-state index contributed by atoms with van der Waals surface area (Å²) in [5, 5.41) is 11.1. The Kier molecular flexibility index (Phi) is 4.66. The first-order valence-corrected chi connectivity index (χ1v) is 15.8. The summed E-state index contributed by atoms with van der Waals surface area (Å²) in [6, 6.07) is 47.1. The van der Waals surface area contributed by atoms with E-state index in [0.29, 0.717) is 5.56 Å². The number of hydrogen-bond donors (Lipinski definition) is 0. The predicted octanol–water partition coefficient (Wildman–Crippen LogP) is 13.2. The second-order valence-electron chi connectivity index (χ2n) is 12.1. The number of benzene rings is 9. The molecule has 0 N–H and O–H groups in total. The van der Waals surface area contributed by atoms with Crippen LogP contribution in [0.15, 0.2) is 174 Å². The number of rotatable bonds is 3. The van der Waals surface area contributed by atoms with Crippen molar-refractivity contribution in [3.63, 3.8) is 0 Å². The van der Waals surface area contributed by atoms with Gasteiger partial charge in [-0.3, -0.25) is 0 Å². The third-order valence-electron chi connectivity index (χ3n) is 9.48. The molecule has 47 heavy (non-hydrogen) atoms. The molecule has 0 aliphatic heterocycles. The van der Waals surface area contributed by atoms with E-state index in [4.69, 9.17) is 11.3 Å². The van der Waals surface area contributed by atoms with E-state index < -0.39 is 0 Å². The minimum Gasteiger partial charge on any atom is -0.456 e. The van der Waals surface area contributed by atoms with E-state index in [-0.39, 0.29) is 35.8 Å². The molecule has 0 radical (unpaired) electrons. The van der Waals surface area contributed by atoms with E-state index in [2.05, 4.69) is 121 Å². The van der Waals surface area contributed by atoms with Crippen molar-refractivity contribution in [1.29, 1.82) is 0 Å². The van der Waals surface area contributed by atoms with E-state index in [0.717, 1.165) is 76.3 Å². The predicted molar refractivity (Wildman–Crippen MR) is 200 cm³/mol. The highest BCUT2D eigenvalue weighted by molar-refractivity contribution is 6.22. The lowest BCUT2D eigenvalue weighted by Crippen LogP contribution is -1.91. The average Bonchev–Trinajstić information content (AvgIpc) is 3.53. The van der Waals surface area contributed by atoms with Crippen LogP contribution in [-0.2, 0) is 0 Å². The molecule has 1 heteroatoms. The van der Waals surface area contributed by atoms with Gasteiger partial charge < -0.3 is 4.42 Å². The number of furan rings is 1. The fourth-order valence-electron chi connectivity index (χ4n) is 7.32. The summed E-state index contributed by atoms with van der Waals surface area (Å²) in [6.45, 7) is 0. The summed E-state index contributed by atoms with van der Waals surface area (Å²) in [5.41, 5.74) is 7.07. The van der Waals surface area contributed by atoms with Crippen LogP contribution in [0.2, 0.25) is 0 Å². The van der Waals surface area contributed by atoms with E-state index in [9.17, 15) is 0 Å². The van der Waals surface area contributed by atoms with Gasteiger partial charge in [-0.25, -0.2) is 0 Å². The first kappa shape index (κ1) is 21.5. The zero-order valence-electron chi connectivity index (χ0n) is 30.2. The van der Waals surface area contributed by atoms with Gasteiger partial charge >= 0.3 is 0 Å². The molecule has 0 aliphatic rings. The molecule has 0 amide bonds. The molecule has 0 aliphatic carbocycles. The lowest BCUT2D eigenvalue weighted by Gasteiger charge is -2.18. The van der Waals surface area contributed by atoms with E-state index >= 15 is 0 Å². The Hall–Kier alpha value is -6.18. The van der Waals surface area contributed by atoms with Gasteiger partial charge in [0.2, 0.25) is 0 Å². The third kappa shape index (κ3) is 4.10. The SMILES string of the molecule is [2H]c1c([2H])c([2H])c(-c2ccc3cc(-c4c5ccccc5c(-c5ccc6oc7cc8ccccc8cc7c6c5)c5ccccc45)ccc3c2)c([2H])c1[2H]. The standard InChI is InChI=1S/C46H28O/c1-2-10-29(11-3-1)32-18-19-34-25-35(21-20-33(34)24-32)45-37-14-6-8-16-39(37)46(40-17-9-7-15-38(40)45)36-22-23-43-41(27-36)42-26-30-12-4-5-13-31(30)28-44(42)47-43/h1-28H/i1D,2D,3D,10D,11D. The maximum Gasteiger partial charge on any atom is 0.136 e. The molecule has 0 atom stereocenters. The molecule has 1 nitrogen and oxygen atoms in total. The lowest BCUT2D eigenvalue weighted by atomic mass is 9.85. The largest absolute Gasteiger partial charge is 0.456 e. The van der Waals surface area contributed by atoms with Crippen LogP contribution < -0.4 is 0 Å². The fourth-order valence-corrected chi connectivity index (χ4v) is 7.32. The quantitative estimate of drug-likeness (QED) is 0.184. The van der Waals surface area contributed by atoms with Crippen LogP contribution in [0.1, 0.15) is 6.85 Å². The van der Waals surface area contributed by atoms with Crippen LogP contribution in [0.25, 0.3) is 98.4 Å². The monoisotopic (exact) mass is 601 g/mol. The zero-order valence-corrected chi connectivity index (χ0v) is 25.2. The summed E-state index contributed by atoms with van der Waals surface area (Å²) in [5.74, 6) is 0. The van der Waals surface area contributed by atoms with Crippen molar-refractivity contribution in [1.82, 2.24) is 0 Å². The fraction of sp³-hybridized carbons (Fsp3) is 0. The van der Waals surface area contributed by atoms with Crippen molar-refractivity contribution < 1.29 is 11.3 Å². The Bertz CT molecular complexity index is 3050. The molecule has 0 bridgehead atoms. The third-order valence-corrected chi connectivity index (χ3v) is 9.48. The molecule has 0 unspecified atom stereocenters. The molecule has 0 fully saturated rings. The summed E-state index contributed by atoms with van der Waals surface area (Å²) >= 11 is 0. The normalized spacial score (nSPS) is 13.3. The van der Waals surface area contributed by atoms with Gasteiger partial charge in [0.25, 0.3) is 0 Å². The van der Waals surface area contributed by atoms with Gasteiger partial charge in [-0.15, -0.1) is 0 Å². The Morgan fingerprint density at radius 2 is 0.830 bits per heavy atom. The molecular formula is C46H28O. The minimum absolute atomic E-state index is 0.200. The topological polar surface area (TPSA) is 13.1 Å². The maximum absolute atomic E-state index is 8.48. The van der Waals surface area contributed by atoms with Crippen LogP contribution >= 0.6 is 0 Å². The molecule has 10 rings (SSSR count). The Morgan fingerprint density at radius 1 is 0.340 bits per heavy atom. The van der Waals surface area contributed by atoms with Crippen molar-refractivity contribution in [3.05, 3.63) is 170 Å². The van der Waals surface area contributed by atoms with E-state index in [1.807, 2.05) is 18.2 Å². The summed E-state index contributed by atoms with van der Waals surface area (Å²) in [4.78, 5) is 0. The molecule has 10 aromatic rings. The summed E-state index contributed by atoms with van der Waals surface area (Å²) < 4.78 is 47.6. The minimum atomic E-state index is -0.390. The first-order valence-electron chi connectivity index (χ1n) is 18.3. The van der Waals surface area contributed by atoms with Gasteiger partial charge in [0.15, 0.2) is 0 Å². The highest BCUT2D eigenvalue weighted by Crippen LogP contribution is 2.45. The molecule has 218 valence electrons. The van der Waals surface area contributed by atoms with Crippen LogP contribution in [0, 0.1) is 0 Å². The van der Waals surface area contributed by atoms with Crippen molar-refractivity contribution in [2.75, 3.05) is 0 Å².